The van der Waals surface area contributed by atoms with Crippen molar-refractivity contribution < 1.29 is 9.59 Å². The zero-order valence-corrected chi connectivity index (χ0v) is 18.6. The van der Waals surface area contributed by atoms with Gasteiger partial charge in [0.2, 0.25) is 0 Å². The fraction of sp³-hybridized carbons (Fsp3) is 0. The molecule has 3 rings (SSSR count). The Hall–Kier alpha value is -3.17. The molecule has 9 heteroatoms. The summed E-state index contributed by atoms with van der Waals surface area (Å²) in [5.41, 5.74) is 6.55. The Labute approximate surface area is 189 Å². The van der Waals surface area contributed by atoms with Crippen LogP contribution in [-0.2, 0) is 0 Å². The summed E-state index contributed by atoms with van der Waals surface area (Å²) in [4.78, 5) is 28.5. The minimum absolute atomic E-state index is 0.0625. The van der Waals surface area contributed by atoms with Crippen LogP contribution in [0, 0.1) is 0 Å². The van der Waals surface area contributed by atoms with E-state index in [-0.39, 0.29) is 11.4 Å². The molecule has 1 heterocycles. The summed E-state index contributed by atoms with van der Waals surface area (Å²) in [6.07, 6.45) is 3.02. The predicted octanol–water partition coefficient (Wildman–Crippen LogP) is 4.13. The number of amides is 2. The van der Waals surface area contributed by atoms with Crippen molar-refractivity contribution in [1.82, 2.24) is 15.8 Å². The molecule has 0 radical (unpaired) electrons. The molecule has 0 fully saturated rings. The highest BCUT2D eigenvalue weighted by Gasteiger charge is 2.11. The Bertz CT molecular complexity index is 1010. The smallest absolute Gasteiger partial charge is 0.266 e. The molecule has 0 bridgehead atoms. The summed E-state index contributed by atoms with van der Waals surface area (Å²) >= 11 is 6.70. The number of aromatic nitrogens is 1. The zero-order valence-electron chi connectivity index (χ0n) is 15.4. The second kappa shape index (κ2) is 10.6. The lowest BCUT2D eigenvalue weighted by Gasteiger charge is -2.03. The molecular formula is C21H15Br2N5O2. The maximum absolute atomic E-state index is 12.2. The number of carbonyl (C=O) groups excluding carboxylic acids is 2. The number of benzene rings is 2. The second-order valence-corrected chi connectivity index (χ2v) is 7.74. The van der Waals surface area contributed by atoms with Crippen molar-refractivity contribution in [3.8, 4) is 0 Å². The van der Waals surface area contributed by atoms with E-state index >= 15 is 0 Å². The van der Waals surface area contributed by atoms with Gasteiger partial charge in [-0.05, 0) is 47.5 Å². The van der Waals surface area contributed by atoms with Gasteiger partial charge in [0.1, 0.15) is 11.4 Å². The van der Waals surface area contributed by atoms with Gasteiger partial charge in [-0.1, -0.05) is 62.2 Å². The molecular weight excluding hydrogens is 514 g/mol. The molecule has 0 aliphatic heterocycles. The van der Waals surface area contributed by atoms with Crippen molar-refractivity contribution in [3.63, 3.8) is 0 Å². The van der Waals surface area contributed by atoms with Crippen LogP contribution in [0.1, 0.15) is 32.1 Å². The van der Waals surface area contributed by atoms with E-state index in [1.165, 1.54) is 24.6 Å². The Morgan fingerprint density at radius 3 is 1.50 bits per heavy atom. The molecule has 1 aromatic heterocycles. The van der Waals surface area contributed by atoms with Crippen LogP contribution >= 0.6 is 31.9 Å². The lowest BCUT2D eigenvalue weighted by molar-refractivity contribution is 0.0946. The fourth-order valence-corrected chi connectivity index (χ4v) is 2.76. The van der Waals surface area contributed by atoms with Crippen molar-refractivity contribution in [1.29, 1.82) is 0 Å². The van der Waals surface area contributed by atoms with Gasteiger partial charge >= 0.3 is 0 Å². The highest BCUT2D eigenvalue weighted by Crippen LogP contribution is 2.10. The van der Waals surface area contributed by atoms with Crippen molar-refractivity contribution >= 4 is 56.1 Å². The van der Waals surface area contributed by atoms with E-state index in [4.69, 9.17) is 0 Å². The first-order valence-corrected chi connectivity index (χ1v) is 10.2. The third-order valence-corrected chi connectivity index (χ3v) is 4.77. The van der Waals surface area contributed by atoms with Crippen LogP contribution in [0.5, 0.6) is 0 Å². The predicted molar refractivity (Wildman–Crippen MR) is 123 cm³/mol. The fourth-order valence-electron chi connectivity index (χ4n) is 2.23. The largest absolute Gasteiger partial charge is 0.289 e. The Kier molecular flexibility index (Phi) is 7.58. The summed E-state index contributed by atoms with van der Waals surface area (Å²) in [6, 6.07) is 19.4. The molecule has 2 aromatic carbocycles. The maximum Gasteiger partial charge on any atom is 0.289 e. The first-order chi connectivity index (χ1) is 14.5. The van der Waals surface area contributed by atoms with Gasteiger partial charge in [0.05, 0.1) is 12.4 Å². The quantitative estimate of drug-likeness (QED) is 0.372. The number of hydrogen-bond acceptors (Lipinski definition) is 5. The number of halogens is 2. The van der Waals surface area contributed by atoms with Gasteiger partial charge in [0.25, 0.3) is 11.8 Å². The van der Waals surface area contributed by atoms with E-state index < -0.39 is 11.8 Å². The molecule has 150 valence electrons. The molecule has 2 amide bonds. The van der Waals surface area contributed by atoms with Crippen molar-refractivity contribution in [3.05, 3.63) is 98.2 Å². The van der Waals surface area contributed by atoms with Gasteiger partial charge in [-0.15, -0.1) is 0 Å². The van der Waals surface area contributed by atoms with Gasteiger partial charge in [-0.25, -0.2) is 15.8 Å². The third kappa shape index (κ3) is 6.43. The topological polar surface area (TPSA) is 95.8 Å². The molecule has 2 N–H and O–H groups in total. The Morgan fingerprint density at radius 1 is 0.700 bits per heavy atom. The molecule has 0 atom stereocenters. The number of nitrogens with zero attached hydrogens (tertiary/aromatic N) is 3. The normalized spacial score (nSPS) is 11.0. The lowest BCUT2D eigenvalue weighted by Crippen LogP contribution is -2.23. The average molecular weight is 529 g/mol. The molecule has 3 aromatic rings. The van der Waals surface area contributed by atoms with Crippen molar-refractivity contribution in [2.75, 3.05) is 0 Å². The van der Waals surface area contributed by atoms with E-state index in [1.54, 1.807) is 6.07 Å². The minimum Gasteiger partial charge on any atom is -0.266 e. The summed E-state index contributed by atoms with van der Waals surface area (Å²) in [5, 5.41) is 7.81. The number of pyridine rings is 1. The molecule has 0 saturated heterocycles. The monoisotopic (exact) mass is 527 g/mol. The van der Waals surface area contributed by atoms with Gasteiger partial charge in [-0.3, -0.25) is 9.59 Å². The third-order valence-electron chi connectivity index (χ3n) is 3.71. The van der Waals surface area contributed by atoms with Gasteiger partial charge in [0, 0.05) is 8.95 Å². The van der Waals surface area contributed by atoms with Crippen molar-refractivity contribution in [2.24, 2.45) is 10.2 Å². The van der Waals surface area contributed by atoms with Gasteiger partial charge < -0.3 is 0 Å². The molecule has 0 aliphatic rings. The number of hydrazone groups is 2. The van der Waals surface area contributed by atoms with Crippen LogP contribution in [-0.4, -0.2) is 29.2 Å². The Balaban J connectivity index is 1.58. The van der Waals surface area contributed by atoms with Crippen LogP contribution in [0.3, 0.4) is 0 Å². The molecule has 0 unspecified atom stereocenters. The molecule has 0 saturated carbocycles. The molecule has 30 heavy (non-hydrogen) atoms. The molecule has 0 aliphatic carbocycles. The zero-order chi connectivity index (χ0) is 21.3. The maximum atomic E-state index is 12.2. The number of rotatable bonds is 6. The van der Waals surface area contributed by atoms with E-state index in [2.05, 4.69) is 57.9 Å². The van der Waals surface area contributed by atoms with E-state index in [9.17, 15) is 9.59 Å². The summed E-state index contributed by atoms with van der Waals surface area (Å²) in [7, 11) is 0. The van der Waals surface area contributed by atoms with Gasteiger partial charge in [0.15, 0.2) is 0 Å². The number of nitrogens with one attached hydrogen (secondary N) is 2. The standard InChI is InChI=1S/C21H15Br2N5O2/c22-16-8-4-14(5-9-16)12-24-27-20(29)18-2-1-3-19(26-18)21(30)28-25-13-15-6-10-17(23)11-7-15/h1-13H,(H,27,29)(H,28,30)/b24-12+,25-13+. The molecule has 7 nitrogen and oxygen atoms in total. The van der Waals surface area contributed by atoms with Crippen LogP contribution < -0.4 is 10.9 Å². The van der Waals surface area contributed by atoms with E-state index in [1.807, 2.05) is 48.5 Å². The van der Waals surface area contributed by atoms with Crippen LogP contribution in [0.15, 0.2) is 85.9 Å². The average Bonchev–Trinajstić information content (AvgIpc) is 2.76. The van der Waals surface area contributed by atoms with Crippen LogP contribution in [0.25, 0.3) is 0 Å². The van der Waals surface area contributed by atoms with Gasteiger partial charge in [-0.2, -0.15) is 10.2 Å². The molecule has 0 spiro atoms. The van der Waals surface area contributed by atoms with Crippen LogP contribution in [0.2, 0.25) is 0 Å². The number of hydrogen-bond donors (Lipinski definition) is 2. The lowest BCUT2D eigenvalue weighted by atomic mass is 10.2. The minimum atomic E-state index is -0.531. The SMILES string of the molecule is O=C(N/N=C/c1ccc(Br)cc1)c1cccc(C(=O)N/N=C/c2ccc(Br)cc2)n1. The van der Waals surface area contributed by atoms with Crippen LogP contribution in [0.4, 0.5) is 0 Å². The van der Waals surface area contributed by atoms with E-state index in [0.717, 1.165) is 20.1 Å². The highest BCUT2D eigenvalue weighted by molar-refractivity contribution is 9.10. The number of carbonyl (C=O) groups is 2. The summed E-state index contributed by atoms with van der Waals surface area (Å²) < 4.78 is 1.90. The van der Waals surface area contributed by atoms with Crippen molar-refractivity contribution in [2.45, 2.75) is 0 Å². The summed E-state index contributed by atoms with van der Waals surface area (Å²) in [6.45, 7) is 0. The second-order valence-electron chi connectivity index (χ2n) is 5.91. The first kappa shape index (κ1) is 21.5. The Morgan fingerprint density at radius 2 is 1.10 bits per heavy atom. The highest BCUT2D eigenvalue weighted by atomic mass is 79.9. The first-order valence-electron chi connectivity index (χ1n) is 8.66. The van der Waals surface area contributed by atoms with E-state index in [0.29, 0.717) is 0 Å². The summed E-state index contributed by atoms with van der Waals surface area (Å²) in [5.74, 6) is -1.06.